The van der Waals surface area contributed by atoms with Gasteiger partial charge < -0.3 is 24.3 Å². The second-order valence-corrected chi connectivity index (χ2v) is 11.5. The molecule has 2 bridgehead atoms. The van der Waals surface area contributed by atoms with Crippen LogP contribution >= 0.6 is 0 Å². The number of piperazine rings is 1. The molecule has 9 nitrogen and oxygen atoms in total. The fourth-order valence-electron chi connectivity index (χ4n) is 5.44. The van der Waals surface area contributed by atoms with Crippen LogP contribution in [0.3, 0.4) is 0 Å². The molecule has 4 amide bonds. The molecule has 38 heavy (non-hydrogen) atoms. The molecular weight excluding hydrogens is 484 g/mol. The maximum Gasteiger partial charge on any atom is 0.242 e. The fourth-order valence-corrected chi connectivity index (χ4v) is 5.44. The minimum absolute atomic E-state index is 0.00544. The molecule has 0 unspecified atom stereocenters. The highest BCUT2D eigenvalue weighted by Crippen LogP contribution is 2.30. The van der Waals surface area contributed by atoms with Crippen molar-refractivity contribution in [3.8, 4) is 5.75 Å². The maximum absolute atomic E-state index is 13.5. The monoisotopic (exact) mass is 524 g/mol. The van der Waals surface area contributed by atoms with Gasteiger partial charge in [-0.1, -0.05) is 51.1 Å². The molecule has 2 saturated heterocycles. The van der Waals surface area contributed by atoms with Crippen LogP contribution in [0.4, 0.5) is 0 Å². The van der Waals surface area contributed by atoms with Crippen LogP contribution < -0.4 is 4.74 Å². The molecule has 0 radical (unpaired) electrons. The third-order valence-corrected chi connectivity index (χ3v) is 7.72. The molecule has 9 heteroatoms. The highest BCUT2D eigenvalue weighted by Gasteiger charge is 2.35. The quantitative estimate of drug-likeness (QED) is 0.447. The van der Waals surface area contributed by atoms with Crippen LogP contribution in [0.5, 0.6) is 5.75 Å². The summed E-state index contributed by atoms with van der Waals surface area (Å²) < 4.78 is 6.08. The average Bonchev–Trinajstić information content (AvgIpc) is 2.91. The van der Waals surface area contributed by atoms with Gasteiger partial charge in [-0.15, -0.1) is 0 Å². The van der Waals surface area contributed by atoms with Crippen molar-refractivity contribution in [3.05, 3.63) is 42.0 Å². The van der Waals surface area contributed by atoms with Crippen LogP contribution in [0, 0.1) is 17.3 Å². The summed E-state index contributed by atoms with van der Waals surface area (Å²) in [5.74, 6) is 0.758. The molecule has 2 atom stereocenters. The van der Waals surface area contributed by atoms with E-state index in [2.05, 4.69) is 6.08 Å². The zero-order chi connectivity index (χ0) is 27.3. The van der Waals surface area contributed by atoms with E-state index in [0.29, 0.717) is 64.6 Å². The summed E-state index contributed by atoms with van der Waals surface area (Å²) in [6, 6.07) is 7.63. The molecule has 1 aromatic carbocycles. The van der Waals surface area contributed by atoms with Gasteiger partial charge in [-0.2, -0.15) is 0 Å². The number of hydrogen-bond donors (Lipinski definition) is 0. The molecule has 0 aromatic heterocycles. The van der Waals surface area contributed by atoms with Crippen molar-refractivity contribution in [2.45, 2.75) is 40.2 Å². The second kappa shape index (κ2) is 12.0. The lowest BCUT2D eigenvalue weighted by molar-refractivity contribution is -0.147. The summed E-state index contributed by atoms with van der Waals surface area (Å²) in [5.41, 5.74) is 0.236. The van der Waals surface area contributed by atoms with E-state index in [1.807, 2.05) is 60.9 Å². The van der Waals surface area contributed by atoms with Gasteiger partial charge in [-0.3, -0.25) is 19.2 Å². The summed E-state index contributed by atoms with van der Waals surface area (Å²) in [7, 11) is 0. The van der Waals surface area contributed by atoms with Crippen molar-refractivity contribution < 1.29 is 23.9 Å². The first kappa shape index (κ1) is 27.7. The van der Waals surface area contributed by atoms with Crippen LogP contribution in [-0.2, 0) is 25.7 Å². The van der Waals surface area contributed by atoms with Crippen LogP contribution in [0.25, 0.3) is 0 Å². The minimum atomic E-state index is -0.626. The van der Waals surface area contributed by atoms with E-state index in [1.165, 1.54) is 0 Å². The van der Waals surface area contributed by atoms with Gasteiger partial charge in [-0.25, -0.2) is 0 Å². The first-order valence-corrected chi connectivity index (χ1v) is 13.6. The van der Waals surface area contributed by atoms with E-state index in [-0.39, 0.29) is 36.1 Å². The Bertz CT molecular complexity index is 1060. The largest absolute Gasteiger partial charge is 0.489 e. The van der Waals surface area contributed by atoms with Gasteiger partial charge in [0.2, 0.25) is 24.1 Å². The molecule has 0 spiro atoms. The smallest absolute Gasteiger partial charge is 0.242 e. The summed E-state index contributed by atoms with van der Waals surface area (Å²) in [4.78, 5) is 57.9. The van der Waals surface area contributed by atoms with Crippen LogP contribution in [0.15, 0.2) is 36.4 Å². The summed E-state index contributed by atoms with van der Waals surface area (Å²) in [6.07, 6.45) is 6.03. The average molecular weight is 525 g/mol. The molecule has 3 heterocycles. The Labute approximate surface area is 225 Å². The molecular formula is C29H40N4O5. The summed E-state index contributed by atoms with van der Waals surface area (Å²) in [5, 5.41) is 0. The van der Waals surface area contributed by atoms with E-state index in [0.717, 1.165) is 18.4 Å². The topological polar surface area (TPSA) is 90.5 Å². The number of carbonyl (C=O) groups excluding carboxylic acids is 4. The number of ether oxygens (including phenoxy) is 1. The van der Waals surface area contributed by atoms with Gasteiger partial charge in [0.05, 0.1) is 0 Å². The molecule has 3 aliphatic rings. The van der Waals surface area contributed by atoms with E-state index in [4.69, 9.17) is 4.74 Å². The number of fused-ring (bicyclic) bond motifs is 3. The zero-order valence-corrected chi connectivity index (χ0v) is 22.8. The lowest BCUT2D eigenvalue weighted by atomic mass is 9.82. The maximum atomic E-state index is 13.5. The van der Waals surface area contributed by atoms with Gasteiger partial charge in [0.1, 0.15) is 18.9 Å². The van der Waals surface area contributed by atoms with Gasteiger partial charge in [0, 0.05) is 63.2 Å². The number of carbonyl (C=O) groups is 4. The SMILES string of the molecule is CC(C)(C)C(=O)N1CC(=O)N2CC[C@@H](CC(=O)N3CCN(C=O)CC3)[C@@H](/C=C/COc3ccccc3C1)C2. The number of hydrogen-bond acceptors (Lipinski definition) is 5. The normalized spacial score (nSPS) is 23.8. The number of piperidine rings is 1. The molecule has 0 saturated carbocycles. The number of nitrogens with zero attached hydrogens (tertiary/aromatic N) is 4. The second-order valence-electron chi connectivity index (χ2n) is 11.5. The van der Waals surface area contributed by atoms with E-state index >= 15 is 0 Å². The third-order valence-electron chi connectivity index (χ3n) is 7.72. The molecule has 3 aliphatic heterocycles. The molecule has 1 aromatic rings. The first-order valence-electron chi connectivity index (χ1n) is 13.6. The highest BCUT2D eigenvalue weighted by atomic mass is 16.5. The van der Waals surface area contributed by atoms with Crippen molar-refractivity contribution in [1.82, 2.24) is 19.6 Å². The Hall–Kier alpha value is -3.36. The Kier molecular flexibility index (Phi) is 8.74. The number of amides is 4. The molecule has 0 aliphatic carbocycles. The Morgan fingerprint density at radius 2 is 1.76 bits per heavy atom. The van der Waals surface area contributed by atoms with Crippen LogP contribution in [0.2, 0.25) is 0 Å². The zero-order valence-electron chi connectivity index (χ0n) is 22.8. The molecule has 206 valence electrons. The number of para-hydroxylation sites is 1. The Morgan fingerprint density at radius 3 is 2.47 bits per heavy atom. The highest BCUT2D eigenvalue weighted by molar-refractivity contribution is 5.87. The van der Waals surface area contributed by atoms with Crippen molar-refractivity contribution in [2.75, 3.05) is 52.4 Å². The molecule has 4 rings (SSSR count). The fraction of sp³-hybridized carbons (Fsp3) is 0.586. The van der Waals surface area contributed by atoms with E-state index in [9.17, 15) is 19.2 Å². The molecule has 2 fully saturated rings. The van der Waals surface area contributed by atoms with E-state index in [1.54, 1.807) is 9.80 Å². The van der Waals surface area contributed by atoms with E-state index < -0.39 is 5.41 Å². The van der Waals surface area contributed by atoms with Crippen molar-refractivity contribution >= 4 is 24.1 Å². The standard InChI is InChI=1S/C29H40N4O5/c1-29(2,3)28(37)33-19-24-7-4-5-9-25(24)38-16-6-8-23-18-32(27(36)20-33)11-10-22(23)17-26(35)31-14-12-30(21-34)13-15-31/h4-9,21-23H,10-20H2,1-3H3/b8-6+/t22-,23-/m0/s1. The molecule has 0 N–H and O–H groups in total. The minimum Gasteiger partial charge on any atom is -0.489 e. The van der Waals surface area contributed by atoms with Crippen molar-refractivity contribution in [1.29, 1.82) is 0 Å². The summed E-state index contributed by atoms with van der Waals surface area (Å²) in [6.45, 7) is 9.58. The Morgan fingerprint density at radius 1 is 1.03 bits per heavy atom. The van der Waals surface area contributed by atoms with Gasteiger partial charge >= 0.3 is 0 Å². The van der Waals surface area contributed by atoms with Crippen molar-refractivity contribution in [2.24, 2.45) is 17.3 Å². The lowest BCUT2D eigenvalue weighted by Gasteiger charge is -2.40. The van der Waals surface area contributed by atoms with Crippen LogP contribution in [0.1, 0.15) is 39.2 Å². The first-order chi connectivity index (χ1) is 18.2. The predicted molar refractivity (Wildman–Crippen MR) is 143 cm³/mol. The Balaban J connectivity index is 1.52. The number of rotatable bonds is 3. The lowest BCUT2D eigenvalue weighted by Crippen LogP contribution is -2.51. The summed E-state index contributed by atoms with van der Waals surface area (Å²) >= 11 is 0. The van der Waals surface area contributed by atoms with Gasteiger partial charge in [0.15, 0.2) is 0 Å². The van der Waals surface area contributed by atoms with Gasteiger partial charge in [0.25, 0.3) is 0 Å². The predicted octanol–water partition coefficient (Wildman–Crippen LogP) is 2.17. The van der Waals surface area contributed by atoms with Gasteiger partial charge in [-0.05, 0) is 24.3 Å². The number of benzene rings is 1. The van der Waals surface area contributed by atoms with Crippen molar-refractivity contribution in [3.63, 3.8) is 0 Å². The van der Waals surface area contributed by atoms with Crippen LogP contribution in [-0.4, -0.2) is 96.2 Å². The third kappa shape index (κ3) is 6.74.